The van der Waals surface area contributed by atoms with Crippen LogP contribution < -0.4 is 10.2 Å². The Morgan fingerprint density at radius 2 is 1.86 bits per heavy atom. The van der Waals surface area contributed by atoms with E-state index in [0.717, 1.165) is 5.69 Å². The molecule has 0 bridgehead atoms. The van der Waals surface area contributed by atoms with Gasteiger partial charge in [0, 0.05) is 29.9 Å². The highest BCUT2D eigenvalue weighted by atomic mass is 16.5. The Labute approximate surface area is 162 Å². The first-order chi connectivity index (χ1) is 13.4. The number of carbonyl (C=O) groups is 4. The normalized spacial score (nSPS) is 16.0. The van der Waals surface area contributed by atoms with Crippen LogP contribution in [0.15, 0.2) is 54.6 Å². The van der Waals surface area contributed by atoms with Crippen LogP contribution in [0.25, 0.3) is 0 Å². The summed E-state index contributed by atoms with van der Waals surface area (Å²) in [6.45, 7) is 1.20. The van der Waals surface area contributed by atoms with Gasteiger partial charge in [0.25, 0.3) is 5.91 Å². The summed E-state index contributed by atoms with van der Waals surface area (Å²) in [4.78, 5) is 49.4. The minimum atomic E-state index is -0.610. The predicted molar refractivity (Wildman–Crippen MR) is 103 cm³/mol. The Bertz CT molecular complexity index is 910. The molecule has 1 aliphatic heterocycles. The van der Waals surface area contributed by atoms with Gasteiger partial charge < -0.3 is 15.0 Å². The van der Waals surface area contributed by atoms with Crippen molar-refractivity contribution in [2.75, 3.05) is 23.4 Å². The Balaban J connectivity index is 1.51. The van der Waals surface area contributed by atoms with Crippen LogP contribution >= 0.6 is 0 Å². The number of benzene rings is 2. The zero-order chi connectivity index (χ0) is 20.1. The molecular formula is C21H20N2O5. The molecule has 0 spiro atoms. The summed E-state index contributed by atoms with van der Waals surface area (Å²) in [6.07, 6.45) is 0.0516. The molecule has 1 heterocycles. The average Bonchev–Trinajstić information content (AvgIpc) is 3.09. The van der Waals surface area contributed by atoms with Gasteiger partial charge in [-0.25, -0.2) is 0 Å². The summed E-state index contributed by atoms with van der Waals surface area (Å²) in [5.41, 5.74) is 1.64. The second kappa shape index (κ2) is 8.47. The molecule has 1 N–H and O–H groups in total. The minimum absolute atomic E-state index is 0.0516. The van der Waals surface area contributed by atoms with Crippen LogP contribution in [0.3, 0.4) is 0 Å². The van der Waals surface area contributed by atoms with Gasteiger partial charge in [-0.2, -0.15) is 0 Å². The number of para-hydroxylation sites is 1. The van der Waals surface area contributed by atoms with E-state index in [1.54, 1.807) is 41.3 Å². The van der Waals surface area contributed by atoms with Gasteiger partial charge in [-0.15, -0.1) is 0 Å². The van der Waals surface area contributed by atoms with Crippen molar-refractivity contribution in [1.29, 1.82) is 0 Å². The Kier molecular flexibility index (Phi) is 5.84. The van der Waals surface area contributed by atoms with Crippen molar-refractivity contribution in [1.82, 2.24) is 0 Å². The average molecular weight is 380 g/mol. The number of esters is 1. The molecule has 0 saturated carbocycles. The molecule has 0 aliphatic carbocycles. The van der Waals surface area contributed by atoms with Gasteiger partial charge in [-0.1, -0.05) is 30.3 Å². The molecule has 7 nitrogen and oxygen atoms in total. The first kappa shape index (κ1) is 19.3. The van der Waals surface area contributed by atoms with E-state index in [1.807, 2.05) is 18.2 Å². The fourth-order valence-corrected chi connectivity index (χ4v) is 2.99. The lowest BCUT2D eigenvalue weighted by Crippen LogP contribution is -2.28. The summed E-state index contributed by atoms with van der Waals surface area (Å²) < 4.78 is 5.07. The van der Waals surface area contributed by atoms with E-state index in [4.69, 9.17) is 4.74 Å². The van der Waals surface area contributed by atoms with Crippen molar-refractivity contribution in [3.8, 4) is 0 Å². The number of nitrogens with zero attached hydrogens (tertiary/aromatic N) is 1. The molecule has 0 unspecified atom stereocenters. The molecule has 28 heavy (non-hydrogen) atoms. The smallest absolute Gasteiger partial charge is 0.311 e. The Morgan fingerprint density at radius 1 is 1.11 bits per heavy atom. The number of ketones is 1. The number of anilines is 2. The highest BCUT2D eigenvalue weighted by Crippen LogP contribution is 2.25. The molecule has 1 atom stereocenters. The highest BCUT2D eigenvalue weighted by molar-refractivity contribution is 6.00. The van der Waals surface area contributed by atoms with Crippen molar-refractivity contribution in [2.45, 2.75) is 13.3 Å². The molecular weight excluding hydrogens is 360 g/mol. The molecule has 3 rings (SSSR count). The van der Waals surface area contributed by atoms with E-state index >= 15 is 0 Å². The lowest BCUT2D eigenvalue weighted by atomic mass is 10.1. The monoisotopic (exact) mass is 380 g/mol. The molecule has 2 aromatic rings. The van der Waals surface area contributed by atoms with E-state index < -0.39 is 24.4 Å². The summed E-state index contributed by atoms with van der Waals surface area (Å²) in [6, 6.07) is 15.6. The lowest BCUT2D eigenvalue weighted by Gasteiger charge is -2.16. The summed E-state index contributed by atoms with van der Waals surface area (Å²) in [5, 5.41) is 2.58. The molecule has 2 amide bonds. The number of hydrogen-bond donors (Lipinski definition) is 1. The van der Waals surface area contributed by atoms with E-state index in [1.165, 1.54) is 6.92 Å². The third-order valence-corrected chi connectivity index (χ3v) is 4.42. The van der Waals surface area contributed by atoms with E-state index in [9.17, 15) is 19.2 Å². The van der Waals surface area contributed by atoms with Gasteiger partial charge in [0.1, 0.15) is 0 Å². The summed E-state index contributed by atoms with van der Waals surface area (Å²) in [5.74, 6) is -1.98. The summed E-state index contributed by atoms with van der Waals surface area (Å²) in [7, 11) is 0. The third kappa shape index (κ3) is 4.62. The fraction of sp³-hybridized carbons (Fsp3) is 0.238. The van der Waals surface area contributed by atoms with Crippen LogP contribution in [-0.4, -0.2) is 36.7 Å². The largest absolute Gasteiger partial charge is 0.455 e. The number of nitrogens with one attached hydrogen (secondary N) is 1. The number of ether oxygens (including phenoxy) is 1. The second-order valence-corrected chi connectivity index (χ2v) is 6.53. The van der Waals surface area contributed by atoms with Crippen molar-refractivity contribution in [3.63, 3.8) is 0 Å². The quantitative estimate of drug-likeness (QED) is 0.614. The van der Waals surface area contributed by atoms with Gasteiger partial charge in [0.15, 0.2) is 12.4 Å². The van der Waals surface area contributed by atoms with Crippen molar-refractivity contribution < 1.29 is 23.9 Å². The Morgan fingerprint density at radius 3 is 2.57 bits per heavy atom. The number of amides is 2. The zero-order valence-electron chi connectivity index (χ0n) is 15.4. The minimum Gasteiger partial charge on any atom is -0.455 e. The van der Waals surface area contributed by atoms with Gasteiger partial charge >= 0.3 is 5.97 Å². The van der Waals surface area contributed by atoms with Crippen molar-refractivity contribution in [2.24, 2.45) is 5.92 Å². The number of rotatable bonds is 6. The maximum atomic E-state index is 12.2. The second-order valence-electron chi connectivity index (χ2n) is 6.53. The van der Waals surface area contributed by atoms with Gasteiger partial charge in [-0.05, 0) is 31.2 Å². The maximum absolute atomic E-state index is 12.2. The van der Waals surface area contributed by atoms with Gasteiger partial charge in [-0.3, -0.25) is 19.2 Å². The van der Waals surface area contributed by atoms with Crippen LogP contribution in [0.1, 0.15) is 23.7 Å². The van der Waals surface area contributed by atoms with E-state index in [-0.39, 0.29) is 24.7 Å². The molecule has 0 radical (unpaired) electrons. The molecule has 0 aromatic heterocycles. The molecule has 1 saturated heterocycles. The summed E-state index contributed by atoms with van der Waals surface area (Å²) >= 11 is 0. The van der Waals surface area contributed by atoms with E-state index in [0.29, 0.717) is 11.3 Å². The third-order valence-electron chi connectivity index (χ3n) is 4.42. The SMILES string of the molecule is CC(=O)c1cccc(NC(=O)COC(=O)[C@@H]2CC(=O)N(c3ccccc3)C2)c1. The van der Waals surface area contributed by atoms with Crippen LogP contribution in [-0.2, 0) is 19.1 Å². The molecule has 144 valence electrons. The molecule has 2 aromatic carbocycles. The molecule has 1 fully saturated rings. The van der Waals surface area contributed by atoms with Crippen molar-refractivity contribution >= 4 is 34.9 Å². The molecule has 1 aliphatic rings. The Hall–Kier alpha value is -3.48. The lowest BCUT2D eigenvalue weighted by molar-refractivity contribution is -0.151. The number of carbonyl (C=O) groups excluding carboxylic acids is 4. The van der Waals surface area contributed by atoms with Crippen molar-refractivity contribution in [3.05, 3.63) is 60.2 Å². The number of hydrogen-bond acceptors (Lipinski definition) is 5. The topological polar surface area (TPSA) is 92.8 Å². The molecule has 7 heteroatoms. The van der Waals surface area contributed by atoms with Crippen LogP contribution in [0, 0.1) is 5.92 Å². The van der Waals surface area contributed by atoms with E-state index in [2.05, 4.69) is 5.32 Å². The first-order valence-corrected chi connectivity index (χ1v) is 8.87. The number of Topliss-reactive ketones (excluding diaryl/α,β-unsaturated/α-hetero) is 1. The standard InChI is InChI=1S/C21H20N2O5/c1-14(24)15-6-5-7-17(10-15)22-19(25)13-28-21(27)16-11-20(26)23(12-16)18-8-3-2-4-9-18/h2-10,16H,11-13H2,1H3,(H,22,25)/t16-/m1/s1. The maximum Gasteiger partial charge on any atom is 0.311 e. The van der Waals surface area contributed by atoms with Gasteiger partial charge in [0.05, 0.1) is 5.92 Å². The zero-order valence-corrected chi connectivity index (χ0v) is 15.4. The van der Waals surface area contributed by atoms with Crippen LogP contribution in [0.4, 0.5) is 11.4 Å². The van der Waals surface area contributed by atoms with Gasteiger partial charge in [0.2, 0.25) is 5.91 Å². The first-order valence-electron chi connectivity index (χ1n) is 8.87. The predicted octanol–water partition coefficient (Wildman–Crippen LogP) is 2.42. The fourth-order valence-electron chi connectivity index (χ4n) is 2.99. The van der Waals surface area contributed by atoms with Crippen LogP contribution in [0.2, 0.25) is 0 Å². The highest BCUT2D eigenvalue weighted by Gasteiger charge is 2.36. The van der Waals surface area contributed by atoms with Crippen LogP contribution in [0.5, 0.6) is 0 Å².